The molecule has 2 saturated heterocycles. The molecule has 0 unspecified atom stereocenters. The van der Waals surface area contributed by atoms with Crippen LogP contribution in [0.15, 0.2) is 36.7 Å². The minimum atomic E-state index is 0.0743. The number of amides is 1. The Labute approximate surface area is 172 Å². The molecule has 0 radical (unpaired) electrons. The van der Waals surface area contributed by atoms with E-state index in [4.69, 9.17) is 9.47 Å². The summed E-state index contributed by atoms with van der Waals surface area (Å²) in [6.45, 7) is 6.21. The third-order valence-electron chi connectivity index (χ3n) is 6.23. The zero-order valence-electron chi connectivity index (χ0n) is 17.5. The first kappa shape index (κ1) is 19.9. The van der Waals surface area contributed by atoms with Gasteiger partial charge >= 0.3 is 0 Å². The van der Waals surface area contributed by atoms with E-state index in [0.29, 0.717) is 18.4 Å². The van der Waals surface area contributed by atoms with E-state index in [0.717, 1.165) is 37.8 Å². The molecule has 3 heterocycles. The van der Waals surface area contributed by atoms with E-state index < -0.39 is 0 Å². The van der Waals surface area contributed by atoms with Gasteiger partial charge in [0, 0.05) is 51.6 Å². The first-order chi connectivity index (χ1) is 14.1. The predicted molar refractivity (Wildman–Crippen MR) is 109 cm³/mol. The molecule has 2 aromatic rings. The lowest BCUT2D eigenvalue weighted by Crippen LogP contribution is -2.37. The Hall–Kier alpha value is -2.38. The van der Waals surface area contributed by atoms with Gasteiger partial charge in [0.25, 0.3) is 0 Å². The van der Waals surface area contributed by atoms with Crippen molar-refractivity contribution in [2.45, 2.75) is 19.5 Å². The van der Waals surface area contributed by atoms with Crippen molar-refractivity contribution in [3.8, 4) is 5.75 Å². The topological polar surface area (TPSA) is 59.8 Å². The zero-order valence-corrected chi connectivity index (χ0v) is 17.5. The lowest BCUT2D eigenvalue weighted by atomic mass is 9.89. The average molecular weight is 399 g/mol. The predicted octanol–water partition coefficient (Wildman–Crippen LogP) is 2.10. The lowest BCUT2D eigenvalue weighted by molar-refractivity contribution is -0.137. The van der Waals surface area contributed by atoms with Crippen LogP contribution >= 0.6 is 0 Å². The molecule has 2 aliphatic heterocycles. The maximum Gasteiger partial charge on any atom is 0.249 e. The fourth-order valence-corrected chi connectivity index (χ4v) is 4.77. The lowest BCUT2D eigenvalue weighted by Gasteiger charge is -2.30. The van der Waals surface area contributed by atoms with Crippen LogP contribution in [0.1, 0.15) is 24.4 Å². The average Bonchev–Trinajstić information content (AvgIpc) is 3.41. The van der Waals surface area contributed by atoms with Gasteiger partial charge in [-0.1, -0.05) is 12.1 Å². The number of methoxy groups -OCH3 is 1. The number of rotatable bonds is 7. The van der Waals surface area contributed by atoms with Crippen molar-refractivity contribution in [3.05, 3.63) is 48.0 Å². The van der Waals surface area contributed by atoms with Crippen molar-refractivity contribution < 1.29 is 14.3 Å². The van der Waals surface area contributed by atoms with Crippen LogP contribution in [0.2, 0.25) is 0 Å². The summed E-state index contributed by atoms with van der Waals surface area (Å²) in [7, 11) is 3.71. The number of hydrogen-bond donors (Lipinski definition) is 0. The van der Waals surface area contributed by atoms with E-state index in [1.807, 2.05) is 43.4 Å². The normalized spacial score (nSPS) is 24.1. The minimum Gasteiger partial charge on any atom is -0.497 e. The Bertz CT molecular complexity index is 835. The molecule has 156 valence electrons. The molecule has 1 amide bonds. The molecule has 0 saturated carbocycles. The summed E-state index contributed by atoms with van der Waals surface area (Å²) in [5.41, 5.74) is 1.17. The van der Waals surface area contributed by atoms with E-state index in [9.17, 15) is 4.79 Å². The Morgan fingerprint density at radius 1 is 1.21 bits per heavy atom. The summed E-state index contributed by atoms with van der Waals surface area (Å²) in [5, 5.41) is 0. The van der Waals surface area contributed by atoms with Crippen molar-refractivity contribution in [3.63, 3.8) is 0 Å². The fourth-order valence-electron chi connectivity index (χ4n) is 4.77. The van der Waals surface area contributed by atoms with Gasteiger partial charge in [-0.15, -0.1) is 0 Å². The van der Waals surface area contributed by atoms with Crippen LogP contribution in [-0.4, -0.2) is 65.2 Å². The standard InChI is InChI=1S/C22H30N4O3/c1-4-29-15-21(27)26-12-17-11-25(14-20-23-9-10-24(20)2)13-19(17)22(26)16-5-7-18(28-3)8-6-16/h5-10,17,19,22H,4,11-15H2,1-3H3/t17-,19-,22-/m0/s1. The number of nitrogens with zero attached hydrogens (tertiary/aromatic N) is 4. The van der Waals surface area contributed by atoms with Crippen LogP contribution in [0.25, 0.3) is 0 Å². The molecule has 1 aromatic carbocycles. The summed E-state index contributed by atoms with van der Waals surface area (Å²) < 4.78 is 12.8. The summed E-state index contributed by atoms with van der Waals surface area (Å²) in [4.78, 5) is 21.9. The molecule has 0 bridgehead atoms. The Morgan fingerprint density at radius 2 is 2.00 bits per heavy atom. The number of carbonyl (C=O) groups is 1. The summed E-state index contributed by atoms with van der Waals surface area (Å²) >= 11 is 0. The van der Waals surface area contributed by atoms with Crippen LogP contribution < -0.4 is 4.74 Å². The van der Waals surface area contributed by atoms with Crippen LogP contribution in [0.4, 0.5) is 0 Å². The number of ether oxygens (including phenoxy) is 2. The Kier molecular flexibility index (Phi) is 5.87. The molecule has 1 aromatic heterocycles. The molecular weight excluding hydrogens is 368 g/mol. The van der Waals surface area contributed by atoms with Gasteiger partial charge < -0.3 is 18.9 Å². The second kappa shape index (κ2) is 8.55. The number of fused-ring (bicyclic) bond motifs is 1. The molecule has 7 heteroatoms. The van der Waals surface area contributed by atoms with Crippen LogP contribution in [0, 0.1) is 11.8 Å². The second-order valence-electron chi connectivity index (χ2n) is 7.97. The third-order valence-corrected chi connectivity index (χ3v) is 6.23. The van der Waals surface area contributed by atoms with E-state index in [2.05, 4.69) is 26.6 Å². The van der Waals surface area contributed by atoms with Gasteiger partial charge in [-0.2, -0.15) is 0 Å². The van der Waals surface area contributed by atoms with Gasteiger partial charge in [0.15, 0.2) is 0 Å². The highest BCUT2D eigenvalue weighted by atomic mass is 16.5. The molecule has 3 atom stereocenters. The van der Waals surface area contributed by atoms with Gasteiger partial charge in [-0.25, -0.2) is 4.98 Å². The van der Waals surface area contributed by atoms with Gasteiger partial charge in [0.1, 0.15) is 18.2 Å². The Morgan fingerprint density at radius 3 is 2.66 bits per heavy atom. The Balaban J connectivity index is 1.54. The number of imidazole rings is 1. The largest absolute Gasteiger partial charge is 0.497 e. The minimum absolute atomic E-state index is 0.0743. The molecule has 0 aliphatic carbocycles. The molecule has 2 fully saturated rings. The van der Waals surface area contributed by atoms with E-state index in [-0.39, 0.29) is 18.6 Å². The highest BCUT2D eigenvalue weighted by Gasteiger charge is 2.49. The zero-order chi connectivity index (χ0) is 20.4. The molecule has 29 heavy (non-hydrogen) atoms. The van der Waals surface area contributed by atoms with Crippen molar-refractivity contribution in [2.24, 2.45) is 18.9 Å². The van der Waals surface area contributed by atoms with Crippen molar-refractivity contribution in [1.82, 2.24) is 19.4 Å². The highest BCUT2D eigenvalue weighted by Crippen LogP contribution is 2.45. The maximum atomic E-state index is 12.9. The highest BCUT2D eigenvalue weighted by molar-refractivity contribution is 5.78. The summed E-state index contributed by atoms with van der Waals surface area (Å²) in [6, 6.07) is 8.22. The second-order valence-corrected chi connectivity index (χ2v) is 7.97. The fraction of sp³-hybridized carbons (Fsp3) is 0.545. The van der Waals surface area contributed by atoms with Gasteiger partial charge in [-0.05, 0) is 30.5 Å². The number of carbonyl (C=O) groups excluding carboxylic acids is 1. The van der Waals surface area contributed by atoms with Crippen molar-refractivity contribution in [2.75, 3.05) is 40.0 Å². The number of hydrogen-bond acceptors (Lipinski definition) is 5. The summed E-state index contributed by atoms with van der Waals surface area (Å²) in [5.74, 6) is 2.87. The number of aromatic nitrogens is 2. The number of aryl methyl sites for hydroxylation is 1. The van der Waals surface area contributed by atoms with Gasteiger partial charge in [0.2, 0.25) is 5.91 Å². The smallest absolute Gasteiger partial charge is 0.249 e. The molecular formula is C22H30N4O3. The van der Waals surface area contributed by atoms with E-state index in [1.165, 1.54) is 5.56 Å². The van der Waals surface area contributed by atoms with Crippen molar-refractivity contribution in [1.29, 1.82) is 0 Å². The molecule has 7 nitrogen and oxygen atoms in total. The quantitative estimate of drug-likeness (QED) is 0.715. The van der Waals surface area contributed by atoms with E-state index >= 15 is 0 Å². The maximum absolute atomic E-state index is 12.9. The summed E-state index contributed by atoms with van der Waals surface area (Å²) in [6.07, 6.45) is 3.83. The van der Waals surface area contributed by atoms with Crippen LogP contribution in [0.3, 0.4) is 0 Å². The first-order valence-electron chi connectivity index (χ1n) is 10.3. The number of likely N-dealkylation sites (tertiary alicyclic amines) is 2. The van der Waals surface area contributed by atoms with Crippen LogP contribution in [-0.2, 0) is 23.1 Å². The van der Waals surface area contributed by atoms with E-state index in [1.54, 1.807) is 7.11 Å². The first-order valence-corrected chi connectivity index (χ1v) is 10.3. The molecule has 0 N–H and O–H groups in total. The molecule has 4 rings (SSSR count). The number of benzene rings is 1. The molecule has 2 aliphatic rings. The SMILES string of the molecule is CCOCC(=O)N1C[C@@H]2CN(Cc3nccn3C)C[C@@H]2[C@@H]1c1ccc(OC)cc1. The van der Waals surface area contributed by atoms with Gasteiger partial charge in [-0.3, -0.25) is 9.69 Å². The van der Waals surface area contributed by atoms with Crippen molar-refractivity contribution >= 4 is 5.91 Å². The third kappa shape index (κ3) is 4.02. The van der Waals surface area contributed by atoms with Gasteiger partial charge in [0.05, 0.1) is 19.7 Å². The van der Waals surface area contributed by atoms with Crippen LogP contribution in [0.5, 0.6) is 5.75 Å². The molecule has 0 spiro atoms. The monoisotopic (exact) mass is 398 g/mol.